The number of fused-ring (bicyclic) bond motifs is 1. The molecule has 4 rings (SSSR count). The standard InChI is InChI=1S/C24H21BrClN3O2/c1-30-21-8-6-14(10-15(21)13-31-22-9-7-16(26)11-19(22)25)23-17-4-2-3-5-20(17)29-24(28)18(23)12-27/h6-11H,2-5,13H2,1H3,(H2,28,29). The second kappa shape index (κ2) is 9.17. The van der Waals surface area contributed by atoms with Gasteiger partial charge >= 0.3 is 0 Å². The third-order valence-electron chi connectivity index (χ3n) is 5.46. The highest BCUT2D eigenvalue weighted by molar-refractivity contribution is 9.10. The molecule has 1 heterocycles. The molecule has 1 aromatic heterocycles. The van der Waals surface area contributed by atoms with Crippen molar-refractivity contribution in [1.82, 2.24) is 4.98 Å². The van der Waals surface area contributed by atoms with E-state index in [2.05, 4.69) is 27.0 Å². The Bertz CT molecular complexity index is 1190. The Morgan fingerprint density at radius 1 is 1.16 bits per heavy atom. The second-order valence-corrected chi connectivity index (χ2v) is 8.67. The summed E-state index contributed by atoms with van der Waals surface area (Å²) < 4.78 is 12.3. The van der Waals surface area contributed by atoms with E-state index in [4.69, 9.17) is 26.8 Å². The van der Waals surface area contributed by atoms with Crippen LogP contribution in [0.3, 0.4) is 0 Å². The molecular weight excluding hydrogens is 478 g/mol. The number of halogens is 2. The minimum absolute atomic E-state index is 0.289. The van der Waals surface area contributed by atoms with Crippen molar-refractivity contribution in [2.75, 3.05) is 12.8 Å². The highest BCUT2D eigenvalue weighted by Gasteiger charge is 2.22. The summed E-state index contributed by atoms with van der Waals surface area (Å²) in [6, 6.07) is 13.5. The Morgan fingerprint density at radius 3 is 2.68 bits per heavy atom. The van der Waals surface area contributed by atoms with E-state index in [0.717, 1.165) is 58.1 Å². The van der Waals surface area contributed by atoms with Gasteiger partial charge in [0.1, 0.15) is 35.6 Å². The molecule has 0 unspecified atom stereocenters. The van der Waals surface area contributed by atoms with Crippen molar-refractivity contribution in [3.63, 3.8) is 0 Å². The number of aryl methyl sites for hydroxylation is 1. The average molecular weight is 499 g/mol. The predicted octanol–water partition coefficient (Wildman–Crippen LogP) is 6.08. The summed E-state index contributed by atoms with van der Waals surface area (Å²) in [4.78, 5) is 4.51. The first-order valence-electron chi connectivity index (χ1n) is 9.98. The van der Waals surface area contributed by atoms with E-state index in [1.807, 2.05) is 24.3 Å². The van der Waals surface area contributed by atoms with Crippen molar-refractivity contribution in [3.8, 4) is 28.7 Å². The van der Waals surface area contributed by atoms with E-state index in [-0.39, 0.29) is 5.82 Å². The summed E-state index contributed by atoms with van der Waals surface area (Å²) in [5.74, 6) is 1.68. The molecule has 0 aliphatic heterocycles. The van der Waals surface area contributed by atoms with Gasteiger partial charge in [-0.05, 0) is 83.1 Å². The predicted molar refractivity (Wildman–Crippen MR) is 125 cm³/mol. The highest BCUT2D eigenvalue weighted by Crippen LogP contribution is 2.38. The van der Waals surface area contributed by atoms with Crippen LogP contribution in [0.1, 0.15) is 35.2 Å². The Morgan fingerprint density at radius 2 is 1.94 bits per heavy atom. The lowest BCUT2D eigenvalue weighted by Gasteiger charge is -2.22. The van der Waals surface area contributed by atoms with Crippen LogP contribution in [0, 0.1) is 11.3 Å². The van der Waals surface area contributed by atoms with Crippen LogP contribution in [0.4, 0.5) is 5.82 Å². The highest BCUT2D eigenvalue weighted by atomic mass is 79.9. The van der Waals surface area contributed by atoms with Crippen LogP contribution < -0.4 is 15.2 Å². The van der Waals surface area contributed by atoms with Crippen LogP contribution >= 0.6 is 27.5 Å². The normalized spacial score (nSPS) is 12.7. The molecule has 0 saturated carbocycles. The number of hydrogen-bond acceptors (Lipinski definition) is 5. The zero-order valence-electron chi connectivity index (χ0n) is 17.0. The topological polar surface area (TPSA) is 81.2 Å². The largest absolute Gasteiger partial charge is 0.496 e. The van der Waals surface area contributed by atoms with Crippen LogP contribution in [-0.4, -0.2) is 12.1 Å². The minimum Gasteiger partial charge on any atom is -0.496 e. The number of benzene rings is 2. The molecule has 1 aliphatic rings. The Kier molecular flexibility index (Phi) is 6.35. The number of nitriles is 1. The van der Waals surface area contributed by atoms with Crippen molar-refractivity contribution in [2.45, 2.75) is 32.3 Å². The van der Waals surface area contributed by atoms with Crippen LogP contribution in [0.2, 0.25) is 5.02 Å². The van der Waals surface area contributed by atoms with Crippen LogP contribution in [-0.2, 0) is 19.4 Å². The van der Waals surface area contributed by atoms with Gasteiger partial charge in [-0.25, -0.2) is 4.98 Å². The smallest absolute Gasteiger partial charge is 0.142 e. The van der Waals surface area contributed by atoms with Crippen molar-refractivity contribution < 1.29 is 9.47 Å². The van der Waals surface area contributed by atoms with E-state index in [1.54, 1.807) is 19.2 Å². The van der Waals surface area contributed by atoms with Gasteiger partial charge in [-0.3, -0.25) is 0 Å². The maximum atomic E-state index is 9.80. The van der Waals surface area contributed by atoms with Crippen molar-refractivity contribution in [2.24, 2.45) is 0 Å². The quantitative estimate of drug-likeness (QED) is 0.461. The lowest BCUT2D eigenvalue weighted by Crippen LogP contribution is -2.12. The zero-order chi connectivity index (χ0) is 22.0. The molecule has 31 heavy (non-hydrogen) atoms. The van der Waals surface area contributed by atoms with Gasteiger partial charge in [0.25, 0.3) is 0 Å². The van der Waals surface area contributed by atoms with Gasteiger partial charge in [0.2, 0.25) is 0 Å². The van der Waals surface area contributed by atoms with Gasteiger partial charge in [0, 0.05) is 21.8 Å². The molecule has 0 amide bonds. The maximum Gasteiger partial charge on any atom is 0.142 e. The van der Waals surface area contributed by atoms with Crippen LogP contribution in [0.25, 0.3) is 11.1 Å². The number of nitrogens with two attached hydrogens (primary N) is 1. The first-order valence-corrected chi connectivity index (χ1v) is 11.2. The number of hydrogen-bond donors (Lipinski definition) is 1. The van der Waals surface area contributed by atoms with Gasteiger partial charge in [-0.15, -0.1) is 0 Å². The van der Waals surface area contributed by atoms with Crippen molar-refractivity contribution in [1.29, 1.82) is 5.26 Å². The Hall–Kier alpha value is -2.75. The first kappa shape index (κ1) is 21.5. The maximum absolute atomic E-state index is 9.80. The molecule has 0 bridgehead atoms. The van der Waals surface area contributed by atoms with Crippen molar-refractivity contribution >= 4 is 33.3 Å². The SMILES string of the molecule is COc1ccc(-c2c(C#N)c(N)nc3c2CCCC3)cc1COc1ccc(Cl)cc1Br. The van der Waals surface area contributed by atoms with Gasteiger partial charge in [-0.1, -0.05) is 17.7 Å². The summed E-state index contributed by atoms with van der Waals surface area (Å²) >= 11 is 9.50. The van der Waals surface area contributed by atoms with Gasteiger partial charge in [0.15, 0.2) is 0 Å². The van der Waals surface area contributed by atoms with E-state index in [0.29, 0.717) is 28.7 Å². The number of nitrogens with zero attached hydrogens (tertiary/aromatic N) is 2. The average Bonchev–Trinajstić information content (AvgIpc) is 2.77. The van der Waals surface area contributed by atoms with Gasteiger partial charge in [-0.2, -0.15) is 5.26 Å². The van der Waals surface area contributed by atoms with E-state index in [9.17, 15) is 5.26 Å². The van der Waals surface area contributed by atoms with E-state index in [1.165, 1.54) is 0 Å². The van der Waals surface area contributed by atoms with Crippen molar-refractivity contribution in [3.05, 3.63) is 68.3 Å². The van der Waals surface area contributed by atoms with Crippen LogP contribution in [0.15, 0.2) is 40.9 Å². The summed E-state index contributed by atoms with van der Waals surface area (Å²) in [5.41, 5.74) is 11.4. The molecule has 0 spiro atoms. The Labute approximate surface area is 194 Å². The molecular formula is C24H21BrClN3O2. The lowest BCUT2D eigenvalue weighted by atomic mass is 9.86. The molecule has 5 nitrogen and oxygen atoms in total. The molecule has 3 aromatic rings. The number of rotatable bonds is 5. The first-order chi connectivity index (χ1) is 15.0. The molecule has 158 valence electrons. The van der Waals surface area contributed by atoms with E-state index < -0.39 is 0 Å². The van der Waals surface area contributed by atoms with Gasteiger partial charge in [0.05, 0.1) is 11.6 Å². The monoisotopic (exact) mass is 497 g/mol. The summed E-state index contributed by atoms with van der Waals surface area (Å²) in [7, 11) is 1.63. The summed E-state index contributed by atoms with van der Waals surface area (Å²) in [6.45, 7) is 0.294. The number of pyridine rings is 1. The summed E-state index contributed by atoms with van der Waals surface area (Å²) in [6.07, 6.45) is 3.94. The fraction of sp³-hybridized carbons (Fsp3) is 0.250. The molecule has 7 heteroatoms. The number of aromatic nitrogens is 1. The van der Waals surface area contributed by atoms with E-state index >= 15 is 0 Å². The zero-order valence-corrected chi connectivity index (χ0v) is 19.4. The molecule has 0 radical (unpaired) electrons. The molecule has 2 N–H and O–H groups in total. The molecule has 1 aliphatic carbocycles. The molecule has 2 aromatic carbocycles. The fourth-order valence-corrected chi connectivity index (χ4v) is 4.79. The minimum atomic E-state index is 0.289. The Balaban J connectivity index is 1.76. The molecule has 0 saturated heterocycles. The second-order valence-electron chi connectivity index (χ2n) is 7.38. The molecule has 0 atom stereocenters. The summed E-state index contributed by atoms with van der Waals surface area (Å²) in [5, 5.41) is 10.4. The third-order valence-corrected chi connectivity index (χ3v) is 6.31. The number of methoxy groups -OCH3 is 1. The third kappa shape index (κ3) is 4.34. The van der Waals surface area contributed by atoms with Gasteiger partial charge < -0.3 is 15.2 Å². The number of nitrogen functional groups attached to an aromatic ring is 1. The fourth-order valence-electron chi connectivity index (χ4n) is 3.99. The number of anilines is 1. The molecule has 0 fully saturated rings. The van der Waals surface area contributed by atoms with Crippen LogP contribution in [0.5, 0.6) is 11.5 Å². The number of ether oxygens (including phenoxy) is 2. The lowest BCUT2D eigenvalue weighted by molar-refractivity contribution is 0.295.